The number of methoxy groups -OCH3 is 1. The van der Waals surface area contributed by atoms with Crippen LogP contribution in [0.2, 0.25) is 0 Å². The third-order valence-electron chi connectivity index (χ3n) is 5.11. The third kappa shape index (κ3) is 4.97. The quantitative estimate of drug-likeness (QED) is 0.397. The molecular weight excluding hydrogens is 412 g/mol. The summed E-state index contributed by atoms with van der Waals surface area (Å²) in [7, 11) is 1.63. The molecule has 0 fully saturated rings. The molecule has 1 amide bonds. The summed E-state index contributed by atoms with van der Waals surface area (Å²) in [4.78, 5) is 37.7. The van der Waals surface area contributed by atoms with Crippen LogP contribution >= 0.6 is 0 Å². The first-order chi connectivity index (χ1) is 15.3. The van der Waals surface area contributed by atoms with Crippen LogP contribution in [0, 0.1) is 13.8 Å². The van der Waals surface area contributed by atoms with E-state index in [2.05, 4.69) is 5.32 Å². The number of furan rings is 1. The maximum atomic E-state index is 12.8. The Labute approximate surface area is 186 Å². The van der Waals surface area contributed by atoms with Gasteiger partial charge in [-0.2, -0.15) is 0 Å². The lowest BCUT2D eigenvalue weighted by Crippen LogP contribution is -2.18. The topological polar surface area (TPSA) is 99.8 Å². The van der Waals surface area contributed by atoms with E-state index in [0.717, 1.165) is 11.4 Å². The van der Waals surface area contributed by atoms with Gasteiger partial charge in [-0.05, 0) is 51.1 Å². The lowest BCUT2D eigenvalue weighted by Gasteiger charge is -2.17. The summed E-state index contributed by atoms with van der Waals surface area (Å²) < 4.78 is 17.6. The molecule has 0 saturated heterocycles. The molecule has 1 N–H and O–H groups in total. The molecule has 8 nitrogen and oxygen atoms in total. The number of carbonyl (C=O) groups excluding carboxylic acids is 3. The maximum Gasteiger partial charge on any atom is 0.340 e. The second kappa shape index (κ2) is 10.1. The van der Waals surface area contributed by atoms with Crippen molar-refractivity contribution in [3.63, 3.8) is 0 Å². The van der Waals surface area contributed by atoms with E-state index in [1.54, 1.807) is 37.4 Å². The fraction of sp³-hybridized carbons (Fsp3) is 0.292. The van der Waals surface area contributed by atoms with Crippen molar-refractivity contribution in [1.29, 1.82) is 0 Å². The number of ether oxygens (including phenoxy) is 2. The average Bonchev–Trinajstić information content (AvgIpc) is 3.40. The van der Waals surface area contributed by atoms with Gasteiger partial charge in [-0.1, -0.05) is 12.1 Å². The number of esters is 1. The van der Waals surface area contributed by atoms with Crippen LogP contribution in [0.5, 0.6) is 0 Å². The second-order valence-corrected chi connectivity index (χ2v) is 7.44. The Balaban J connectivity index is 1.70. The zero-order chi connectivity index (χ0) is 23.3. The highest BCUT2D eigenvalue weighted by molar-refractivity contribution is 6.07. The van der Waals surface area contributed by atoms with Gasteiger partial charge < -0.3 is 23.8 Å². The molecule has 0 radical (unpaired) electrons. The van der Waals surface area contributed by atoms with Crippen LogP contribution in [0.1, 0.15) is 55.6 Å². The smallest absolute Gasteiger partial charge is 0.340 e. The molecule has 3 rings (SSSR count). The average molecular weight is 438 g/mol. The number of ketones is 1. The summed E-state index contributed by atoms with van der Waals surface area (Å²) in [5, 5.41) is 2.62. The van der Waals surface area contributed by atoms with Gasteiger partial charge in [0.25, 0.3) is 5.91 Å². The number of aryl methyl sites for hydroxylation is 1. The number of para-hydroxylation sites is 1. The van der Waals surface area contributed by atoms with Crippen molar-refractivity contribution >= 4 is 23.3 Å². The Morgan fingerprint density at radius 1 is 1.09 bits per heavy atom. The van der Waals surface area contributed by atoms with Crippen molar-refractivity contribution in [2.75, 3.05) is 25.6 Å². The molecule has 1 unspecified atom stereocenters. The zero-order valence-electron chi connectivity index (χ0n) is 18.5. The third-order valence-corrected chi connectivity index (χ3v) is 5.11. The summed E-state index contributed by atoms with van der Waals surface area (Å²) in [5.41, 5.74) is 2.61. The Hall–Kier alpha value is -3.65. The summed E-state index contributed by atoms with van der Waals surface area (Å²) in [6.45, 7) is 5.88. The van der Waals surface area contributed by atoms with Gasteiger partial charge in [-0.25, -0.2) is 4.79 Å². The molecule has 8 heteroatoms. The number of hydrogen-bond acceptors (Lipinski definition) is 6. The number of hydrogen-bond donors (Lipinski definition) is 1. The van der Waals surface area contributed by atoms with Crippen LogP contribution in [0.15, 0.2) is 53.1 Å². The summed E-state index contributed by atoms with van der Waals surface area (Å²) in [5.74, 6) is -1.40. The Bertz CT molecular complexity index is 1110. The minimum absolute atomic E-state index is 0.0637. The van der Waals surface area contributed by atoms with E-state index in [9.17, 15) is 14.4 Å². The van der Waals surface area contributed by atoms with E-state index in [4.69, 9.17) is 13.9 Å². The summed E-state index contributed by atoms with van der Waals surface area (Å²) in [6, 6.07) is 11.4. The molecule has 0 saturated carbocycles. The summed E-state index contributed by atoms with van der Waals surface area (Å²) >= 11 is 0. The van der Waals surface area contributed by atoms with Crippen LogP contribution in [-0.4, -0.2) is 42.6 Å². The minimum atomic E-state index is -0.713. The normalized spacial score (nSPS) is 11.8. The molecule has 3 aromatic rings. The van der Waals surface area contributed by atoms with Crippen LogP contribution < -0.4 is 5.32 Å². The fourth-order valence-electron chi connectivity index (χ4n) is 3.70. The van der Waals surface area contributed by atoms with E-state index in [1.165, 1.54) is 18.4 Å². The van der Waals surface area contributed by atoms with E-state index in [1.807, 2.05) is 25.3 Å². The SMILES string of the molecule is COCC(C)n1c(C)cc(C(=O)COC(=O)c2ccccc2NC(=O)c2ccco2)c1C. The van der Waals surface area contributed by atoms with Gasteiger partial charge in [-0.15, -0.1) is 0 Å². The Kier molecular flexibility index (Phi) is 7.27. The molecule has 2 aromatic heterocycles. The highest BCUT2D eigenvalue weighted by atomic mass is 16.5. The van der Waals surface area contributed by atoms with Crippen LogP contribution in [0.4, 0.5) is 5.69 Å². The Morgan fingerprint density at radius 3 is 2.53 bits per heavy atom. The molecule has 0 aliphatic carbocycles. The van der Waals surface area contributed by atoms with Crippen molar-refractivity contribution in [1.82, 2.24) is 4.57 Å². The lowest BCUT2D eigenvalue weighted by molar-refractivity contribution is 0.0475. The predicted molar refractivity (Wildman–Crippen MR) is 118 cm³/mol. The van der Waals surface area contributed by atoms with Gasteiger partial charge >= 0.3 is 5.97 Å². The van der Waals surface area contributed by atoms with E-state index < -0.39 is 18.5 Å². The molecule has 2 heterocycles. The molecule has 0 bridgehead atoms. The number of carbonyl (C=O) groups is 3. The number of rotatable bonds is 9. The predicted octanol–water partition coefficient (Wildman–Crippen LogP) is 4.20. The lowest BCUT2D eigenvalue weighted by atomic mass is 10.1. The number of amides is 1. The number of aromatic nitrogens is 1. The molecule has 0 spiro atoms. The van der Waals surface area contributed by atoms with Gasteiger partial charge in [0.1, 0.15) is 0 Å². The highest BCUT2D eigenvalue weighted by Gasteiger charge is 2.21. The van der Waals surface area contributed by atoms with E-state index in [0.29, 0.717) is 12.2 Å². The maximum absolute atomic E-state index is 12.8. The first kappa shape index (κ1) is 23.0. The van der Waals surface area contributed by atoms with Crippen molar-refractivity contribution in [2.45, 2.75) is 26.8 Å². The van der Waals surface area contributed by atoms with Crippen LogP contribution in [0.3, 0.4) is 0 Å². The van der Waals surface area contributed by atoms with Gasteiger partial charge in [0.05, 0.1) is 30.2 Å². The largest absolute Gasteiger partial charge is 0.459 e. The van der Waals surface area contributed by atoms with E-state index >= 15 is 0 Å². The fourth-order valence-corrected chi connectivity index (χ4v) is 3.70. The molecule has 168 valence electrons. The standard InChI is InChI=1S/C24H26N2O6/c1-15-12-19(17(3)26(15)16(2)13-30-4)21(27)14-32-24(29)18-8-5-6-9-20(18)25-23(28)22-10-7-11-31-22/h5-12,16H,13-14H2,1-4H3,(H,25,28). The summed E-state index contributed by atoms with van der Waals surface area (Å²) in [6.07, 6.45) is 1.38. The Morgan fingerprint density at radius 2 is 1.84 bits per heavy atom. The number of nitrogens with zero attached hydrogens (tertiary/aromatic N) is 1. The number of anilines is 1. The van der Waals surface area contributed by atoms with Gasteiger partial charge in [0.15, 0.2) is 12.4 Å². The van der Waals surface area contributed by atoms with Crippen molar-refractivity contribution in [3.05, 3.63) is 77.0 Å². The van der Waals surface area contributed by atoms with Crippen molar-refractivity contribution < 1.29 is 28.3 Å². The molecule has 1 aromatic carbocycles. The van der Waals surface area contributed by atoms with Crippen LogP contribution in [0.25, 0.3) is 0 Å². The van der Waals surface area contributed by atoms with Crippen molar-refractivity contribution in [2.24, 2.45) is 0 Å². The first-order valence-corrected chi connectivity index (χ1v) is 10.1. The monoisotopic (exact) mass is 438 g/mol. The number of nitrogens with one attached hydrogen (secondary N) is 1. The molecule has 0 aliphatic heterocycles. The number of Topliss-reactive ketones (excluding diaryl/α,β-unsaturated/α-hetero) is 1. The highest BCUT2D eigenvalue weighted by Crippen LogP contribution is 2.22. The molecular formula is C24H26N2O6. The zero-order valence-corrected chi connectivity index (χ0v) is 18.5. The van der Waals surface area contributed by atoms with Gasteiger partial charge in [-0.3, -0.25) is 9.59 Å². The number of benzene rings is 1. The molecule has 1 atom stereocenters. The second-order valence-electron chi connectivity index (χ2n) is 7.44. The molecule has 32 heavy (non-hydrogen) atoms. The van der Waals surface area contributed by atoms with Gasteiger partial charge in [0, 0.05) is 24.1 Å². The van der Waals surface area contributed by atoms with Crippen LogP contribution in [-0.2, 0) is 9.47 Å². The van der Waals surface area contributed by atoms with E-state index in [-0.39, 0.29) is 28.8 Å². The minimum Gasteiger partial charge on any atom is -0.459 e. The first-order valence-electron chi connectivity index (χ1n) is 10.1. The molecule has 0 aliphatic rings. The van der Waals surface area contributed by atoms with Crippen molar-refractivity contribution in [3.8, 4) is 0 Å². The van der Waals surface area contributed by atoms with Gasteiger partial charge in [0.2, 0.25) is 5.78 Å².